The highest BCUT2D eigenvalue weighted by atomic mass is 16.5. The number of carbonyl (C=O) groups excluding carboxylic acids is 1. The summed E-state index contributed by atoms with van der Waals surface area (Å²) >= 11 is 0. The summed E-state index contributed by atoms with van der Waals surface area (Å²) in [6.07, 6.45) is 1.20. The number of hydrogen-bond donors (Lipinski definition) is 1. The normalized spacial score (nSPS) is 10.3. The molecule has 0 atom stereocenters. The molecule has 0 radical (unpaired) electrons. The zero-order valence-corrected chi connectivity index (χ0v) is 8.53. The Balaban J connectivity index is 2.37. The van der Waals surface area contributed by atoms with E-state index in [1.165, 1.54) is 7.05 Å². The fraction of sp³-hybridized carbons (Fsp3) is 0.182. The molecule has 0 aliphatic carbocycles. The second kappa shape index (κ2) is 3.65. The molecule has 0 aliphatic heterocycles. The number of rotatable bonds is 1. The van der Waals surface area contributed by atoms with Crippen LogP contribution in [0.5, 0.6) is 5.75 Å². The molecule has 1 aromatic heterocycles. The van der Waals surface area contributed by atoms with Crippen LogP contribution in [0.2, 0.25) is 0 Å². The molecular formula is C11H11NO3. The SMILES string of the molecule is CNC(=O)Oc1ccc2occ(C)c2c1. The summed E-state index contributed by atoms with van der Waals surface area (Å²) < 4.78 is 10.3. The minimum absolute atomic E-state index is 0.476. The number of amides is 1. The molecule has 2 aromatic rings. The lowest BCUT2D eigenvalue weighted by Crippen LogP contribution is -2.21. The van der Waals surface area contributed by atoms with Crippen LogP contribution in [0.1, 0.15) is 5.56 Å². The molecule has 4 nitrogen and oxygen atoms in total. The molecule has 1 heterocycles. The van der Waals surface area contributed by atoms with E-state index in [-0.39, 0.29) is 0 Å². The van der Waals surface area contributed by atoms with Crippen LogP contribution in [-0.4, -0.2) is 13.1 Å². The van der Waals surface area contributed by atoms with Crippen molar-refractivity contribution in [3.63, 3.8) is 0 Å². The van der Waals surface area contributed by atoms with Gasteiger partial charge in [-0.15, -0.1) is 0 Å². The topological polar surface area (TPSA) is 51.5 Å². The van der Waals surface area contributed by atoms with Gasteiger partial charge in [0, 0.05) is 12.4 Å². The van der Waals surface area contributed by atoms with Crippen molar-refractivity contribution in [2.75, 3.05) is 7.05 Å². The molecule has 1 amide bonds. The summed E-state index contributed by atoms with van der Waals surface area (Å²) in [5.74, 6) is 0.506. The zero-order chi connectivity index (χ0) is 10.8. The molecule has 1 N–H and O–H groups in total. The first-order chi connectivity index (χ1) is 7.20. The van der Waals surface area contributed by atoms with E-state index in [0.29, 0.717) is 5.75 Å². The van der Waals surface area contributed by atoms with Crippen molar-refractivity contribution in [3.8, 4) is 5.75 Å². The van der Waals surface area contributed by atoms with Crippen molar-refractivity contribution in [3.05, 3.63) is 30.0 Å². The maximum Gasteiger partial charge on any atom is 0.412 e. The molecule has 1 aromatic carbocycles. The molecule has 78 valence electrons. The average molecular weight is 205 g/mol. The third-order valence-corrected chi connectivity index (χ3v) is 2.15. The van der Waals surface area contributed by atoms with Gasteiger partial charge in [-0.25, -0.2) is 4.79 Å². The molecule has 0 saturated heterocycles. The zero-order valence-electron chi connectivity index (χ0n) is 8.53. The van der Waals surface area contributed by atoms with E-state index in [4.69, 9.17) is 9.15 Å². The first-order valence-corrected chi connectivity index (χ1v) is 4.58. The second-order valence-corrected chi connectivity index (χ2v) is 3.22. The molecule has 0 bridgehead atoms. The predicted octanol–water partition coefficient (Wildman–Crippen LogP) is 2.46. The minimum Gasteiger partial charge on any atom is -0.464 e. The van der Waals surface area contributed by atoms with Gasteiger partial charge in [0.15, 0.2) is 0 Å². The Labute approximate surface area is 86.8 Å². The lowest BCUT2D eigenvalue weighted by Gasteiger charge is -2.02. The second-order valence-electron chi connectivity index (χ2n) is 3.22. The third kappa shape index (κ3) is 1.79. The van der Waals surface area contributed by atoms with E-state index in [1.54, 1.807) is 24.5 Å². The number of furan rings is 1. The van der Waals surface area contributed by atoms with Crippen molar-refractivity contribution in [1.29, 1.82) is 0 Å². The summed E-state index contributed by atoms with van der Waals surface area (Å²) in [7, 11) is 1.52. The molecule has 0 unspecified atom stereocenters. The molecule has 0 spiro atoms. The monoisotopic (exact) mass is 205 g/mol. The van der Waals surface area contributed by atoms with Gasteiger partial charge in [0.05, 0.1) is 6.26 Å². The smallest absolute Gasteiger partial charge is 0.412 e. The molecule has 2 rings (SSSR count). The fourth-order valence-corrected chi connectivity index (χ4v) is 1.36. The summed E-state index contributed by atoms with van der Waals surface area (Å²) in [5.41, 5.74) is 1.81. The Kier molecular flexibility index (Phi) is 2.33. The van der Waals surface area contributed by atoms with E-state index < -0.39 is 6.09 Å². The molecule has 4 heteroatoms. The maximum absolute atomic E-state index is 11.0. The number of benzene rings is 1. The Morgan fingerprint density at radius 3 is 3.00 bits per heavy atom. The molecule has 0 saturated carbocycles. The molecule has 0 fully saturated rings. The predicted molar refractivity (Wildman–Crippen MR) is 56.0 cm³/mol. The first kappa shape index (κ1) is 9.58. The fourth-order valence-electron chi connectivity index (χ4n) is 1.36. The van der Waals surface area contributed by atoms with Gasteiger partial charge < -0.3 is 14.5 Å². The Bertz CT molecular complexity index is 502. The van der Waals surface area contributed by atoms with Gasteiger partial charge in [-0.2, -0.15) is 0 Å². The van der Waals surface area contributed by atoms with Gasteiger partial charge in [0.25, 0.3) is 0 Å². The Hall–Kier alpha value is -1.97. The van der Waals surface area contributed by atoms with Crippen molar-refractivity contribution in [2.24, 2.45) is 0 Å². The van der Waals surface area contributed by atoms with Gasteiger partial charge in [0.2, 0.25) is 0 Å². The summed E-state index contributed by atoms with van der Waals surface area (Å²) in [6.45, 7) is 1.94. The van der Waals surface area contributed by atoms with Crippen LogP contribution in [0.4, 0.5) is 4.79 Å². The Morgan fingerprint density at radius 1 is 1.47 bits per heavy atom. The van der Waals surface area contributed by atoms with E-state index in [2.05, 4.69) is 5.32 Å². The number of fused-ring (bicyclic) bond motifs is 1. The Morgan fingerprint density at radius 2 is 2.27 bits per heavy atom. The van der Waals surface area contributed by atoms with Crippen molar-refractivity contribution >= 4 is 17.1 Å². The van der Waals surface area contributed by atoms with E-state index in [9.17, 15) is 4.79 Å². The standard InChI is InChI=1S/C11H11NO3/c1-7-6-14-10-4-3-8(5-9(7)10)15-11(13)12-2/h3-6H,1-2H3,(H,12,13). The lowest BCUT2D eigenvalue weighted by molar-refractivity contribution is 0.203. The van der Waals surface area contributed by atoms with E-state index >= 15 is 0 Å². The summed E-state index contributed by atoms with van der Waals surface area (Å²) in [5, 5.41) is 3.34. The van der Waals surface area contributed by atoms with E-state index in [1.807, 2.05) is 6.92 Å². The largest absolute Gasteiger partial charge is 0.464 e. The number of hydrogen-bond acceptors (Lipinski definition) is 3. The van der Waals surface area contributed by atoms with Crippen LogP contribution in [0.15, 0.2) is 28.9 Å². The number of ether oxygens (including phenoxy) is 1. The summed E-state index contributed by atoms with van der Waals surface area (Å²) in [4.78, 5) is 11.0. The average Bonchev–Trinajstić information content (AvgIpc) is 2.60. The highest BCUT2D eigenvalue weighted by molar-refractivity contribution is 5.83. The van der Waals surface area contributed by atoms with Crippen LogP contribution in [0, 0.1) is 6.92 Å². The van der Waals surface area contributed by atoms with E-state index in [0.717, 1.165) is 16.5 Å². The van der Waals surface area contributed by atoms with Crippen LogP contribution < -0.4 is 10.1 Å². The highest BCUT2D eigenvalue weighted by Crippen LogP contribution is 2.25. The van der Waals surface area contributed by atoms with Crippen LogP contribution in [0.25, 0.3) is 11.0 Å². The van der Waals surface area contributed by atoms with Gasteiger partial charge in [-0.05, 0) is 30.7 Å². The van der Waals surface area contributed by atoms with Crippen molar-refractivity contribution in [2.45, 2.75) is 6.92 Å². The first-order valence-electron chi connectivity index (χ1n) is 4.58. The van der Waals surface area contributed by atoms with Gasteiger partial charge in [0.1, 0.15) is 11.3 Å². The molecule has 0 aliphatic rings. The van der Waals surface area contributed by atoms with Crippen LogP contribution >= 0.6 is 0 Å². The molecule has 15 heavy (non-hydrogen) atoms. The van der Waals surface area contributed by atoms with Crippen molar-refractivity contribution in [1.82, 2.24) is 5.32 Å². The van der Waals surface area contributed by atoms with Gasteiger partial charge in [-0.1, -0.05) is 0 Å². The lowest BCUT2D eigenvalue weighted by atomic mass is 10.2. The van der Waals surface area contributed by atoms with Crippen LogP contribution in [0.3, 0.4) is 0 Å². The van der Waals surface area contributed by atoms with Gasteiger partial charge in [-0.3, -0.25) is 0 Å². The highest BCUT2D eigenvalue weighted by Gasteiger charge is 2.06. The maximum atomic E-state index is 11.0. The molecular weight excluding hydrogens is 194 g/mol. The van der Waals surface area contributed by atoms with Gasteiger partial charge >= 0.3 is 6.09 Å². The number of aryl methyl sites for hydroxylation is 1. The van der Waals surface area contributed by atoms with Crippen molar-refractivity contribution < 1.29 is 13.9 Å². The number of nitrogens with one attached hydrogen (secondary N) is 1. The minimum atomic E-state index is -0.476. The summed E-state index contributed by atoms with van der Waals surface area (Å²) in [6, 6.07) is 5.25. The third-order valence-electron chi connectivity index (χ3n) is 2.15. The number of carbonyl (C=O) groups is 1. The van der Waals surface area contributed by atoms with Crippen LogP contribution in [-0.2, 0) is 0 Å². The quantitative estimate of drug-likeness (QED) is 0.778.